The van der Waals surface area contributed by atoms with Gasteiger partial charge in [0.15, 0.2) is 0 Å². The van der Waals surface area contributed by atoms with Crippen molar-refractivity contribution in [1.82, 2.24) is 10.2 Å². The SMILES string of the molecule is CCCC1NC(CC(C)C)C(=O)N1CC1CCOC1C. The van der Waals surface area contributed by atoms with Gasteiger partial charge in [-0.1, -0.05) is 27.2 Å². The third kappa shape index (κ3) is 3.53. The summed E-state index contributed by atoms with van der Waals surface area (Å²) in [5.41, 5.74) is 0. The highest BCUT2D eigenvalue weighted by molar-refractivity contribution is 5.84. The van der Waals surface area contributed by atoms with Gasteiger partial charge in [-0.25, -0.2) is 0 Å². The number of hydrogen-bond donors (Lipinski definition) is 1. The molecule has 4 nitrogen and oxygen atoms in total. The molecule has 0 spiro atoms. The van der Waals surface area contributed by atoms with Crippen molar-refractivity contribution in [3.63, 3.8) is 0 Å². The fraction of sp³-hybridized carbons (Fsp3) is 0.938. The Bertz CT molecular complexity index is 332. The number of hydrogen-bond acceptors (Lipinski definition) is 3. The van der Waals surface area contributed by atoms with Crippen molar-refractivity contribution in [3.8, 4) is 0 Å². The highest BCUT2D eigenvalue weighted by Crippen LogP contribution is 2.26. The molecule has 0 saturated carbocycles. The molecule has 116 valence electrons. The maximum Gasteiger partial charge on any atom is 0.241 e. The number of nitrogens with zero attached hydrogens (tertiary/aromatic N) is 1. The quantitative estimate of drug-likeness (QED) is 0.813. The van der Waals surface area contributed by atoms with E-state index >= 15 is 0 Å². The smallest absolute Gasteiger partial charge is 0.241 e. The zero-order chi connectivity index (χ0) is 14.7. The zero-order valence-corrected chi connectivity index (χ0v) is 13.4. The molecule has 4 unspecified atom stereocenters. The van der Waals surface area contributed by atoms with Crippen LogP contribution in [0.1, 0.15) is 53.4 Å². The molecule has 0 aromatic rings. The van der Waals surface area contributed by atoms with Crippen LogP contribution in [0.4, 0.5) is 0 Å². The predicted molar refractivity (Wildman–Crippen MR) is 80.3 cm³/mol. The molecule has 0 radical (unpaired) electrons. The maximum atomic E-state index is 12.6. The minimum absolute atomic E-state index is 0.0178. The third-order valence-corrected chi connectivity index (χ3v) is 4.58. The van der Waals surface area contributed by atoms with Gasteiger partial charge in [0.05, 0.1) is 18.3 Å². The van der Waals surface area contributed by atoms with Crippen molar-refractivity contribution in [3.05, 3.63) is 0 Å². The van der Waals surface area contributed by atoms with E-state index in [0.717, 1.165) is 38.8 Å². The Hall–Kier alpha value is -0.610. The van der Waals surface area contributed by atoms with Crippen LogP contribution in [0.3, 0.4) is 0 Å². The highest BCUT2D eigenvalue weighted by Gasteiger charge is 2.40. The molecule has 4 heteroatoms. The van der Waals surface area contributed by atoms with Crippen LogP contribution in [-0.2, 0) is 9.53 Å². The summed E-state index contributed by atoms with van der Waals surface area (Å²) in [6, 6.07) is 0.0178. The summed E-state index contributed by atoms with van der Waals surface area (Å²) < 4.78 is 5.64. The van der Waals surface area contributed by atoms with E-state index < -0.39 is 0 Å². The minimum Gasteiger partial charge on any atom is -0.378 e. The lowest BCUT2D eigenvalue weighted by Gasteiger charge is -2.28. The molecule has 2 aliphatic heterocycles. The lowest BCUT2D eigenvalue weighted by molar-refractivity contribution is -0.131. The molecule has 20 heavy (non-hydrogen) atoms. The van der Waals surface area contributed by atoms with Crippen LogP contribution in [0, 0.1) is 11.8 Å². The Morgan fingerprint density at radius 3 is 2.75 bits per heavy atom. The largest absolute Gasteiger partial charge is 0.378 e. The molecule has 2 heterocycles. The highest BCUT2D eigenvalue weighted by atomic mass is 16.5. The first kappa shape index (κ1) is 15.8. The summed E-state index contributed by atoms with van der Waals surface area (Å²) in [4.78, 5) is 14.7. The monoisotopic (exact) mass is 282 g/mol. The molecule has 0 bridgehead atoms. The van der Waals surface area contributed by atoms with Gasteiger partial charge in [0.2, 0.25) is 5.91 Å². The Labute approximate surface area is 123 Å². The Morgan fingerprint density at radius 1 is 1.45 bits per heavy atom. The van der Waals surface area contributed by atoms with Crippen molar-refractivity contribution < 1.29 is 9.53 Å². The molecule has 1 N–H and O–H groups in total. The van der Waals surface area contributed by atoms with E-state index in [1.807, 2.05) is 0 Å². The zero-order valence-electron chi connectivity index (χ0n) is 13.4. The van der Waals surface area contributed by atoms with Crippen LogP contribution in [-0.4, -0.2) is 42.3 Å². The fourth-order valence-corrected chi connectivity index (χ4v) is 3.39. The lowest BCUT2D eigenvalue weighted by atomic mass is 10.0. The minimum atomic E-state index is 0.0178. The molecule has 2 aliphatic rings. The van der Waals surface area contributed by atoms with E-state index in [1.165, 1.54) is 0 Å². The number of carbonyl (C=O) groups is 1. The van der Waals surface area contributed by atoms with Gasteiger partial charge in [0.25, 0.3) is 0 Å². The summed E-state index contributed by atoms with van der Waals surface area (Å²) >= 11 is 0. The maximum absolute atomic E-state index is 12.6. The molecule has 1 amide bonds. The average molecular weight is 282 g/mol. The topological polar surface area (TPSA) is 41.6 Å². The second-order valence-electron chi connectivity index (χ2n) is 6.77. The van der Waals surface area contributed by atoms with E-state index in [2.05, 4.69) is 37.9 Å². The van der Waals surface area contributed by atoms with Gasteiger partial charge in [-0.2, -0.15) is 0 Å². The lowest BCUT2D eigenvalue weighted by Crippen LogP contribution is -2.41. The van der Waals surface area contributed by atoms with Gasteiger partial charge < -0.3 is 9.64 Å². The Morgan fingerprint density at radius 2 is 2.20 bits per heavy atom. The first-order chi connectivity index (χ1) is 9.52. The van der Waals surface area contributed by atoms with E-state index in [0.29, 0.717) is 17.7 Å². The van der Waals surface area contributed by atoms with Crippen LogP contribution < -0.4 is 5.32 Å². The van der Waals surface area contributed by atoms with Gasteiger partial charge in [-0.05, 0) is 32.1 Å². The Balaban J connectivity index is 2.01. The second-order valence-corrected chi connectivity index (χ2v) is 6.77. The number of carbonyl (C=O) groups excluding carboxylic acids is 1. The van der Waals surface area contributed by atoms with Crippen LogP contribution in [0.25, 0.3) is 0 Å². The number of nitrogens with one attached hydrogen (secondary N) is 1. The standard InChI is InChI=1S/C16H30N2O2/c1-5-6-15-17-14(9-11(2)3)16(19)18(15)10-13-7-8-20-12(13)4/h11-15,17H,5-10H2,1-4H3. The van der Waals surface area contributed by atoms with Crippen molar-refractivity contribution in [1.29, 1.82) is 0 Å². The molecular weight excluding hydrogens is 252 g/mol. The van der Waals surface area contributed by atoms with Crippen molar-refractivity contribution in [2.75, 3.05) is 13.2 Å². The summed E-state index contributed by atoms with van der Waals surface area (Å²) in [5.74, 6) is 1.35. The number of ether oxygens (including phenoxy) is 1. The average Bonchev–Trinajstić information content (AvgIpc) is 2.89. The predicted octanol–water partition coefficient (Wildman–Crippen LogP) is 2.38. The van der Waals surface area contributed by atoms with Crippen LogP contribution >= 0.6 is 0 Å². The Kier molecular flexibility index (Phi) is 5.44. The molecule has 2 fully saturated rings. The van der Waals surface area contributed by atoms with Crippen molar-refractivity contribution >= 4 is 5.91 Å². The van der Waals surface area contributed by atoms with Gasteiger partial charge >= 0.3 is 0 Å². The second kappa shape index (κ2) is 6.90. The number of rotatable bonds is 6. The molecular formula is C16H30N2O2. The van der Waals surface area contributed by atoms with Crippen molar-refractivity contribution in [2.45, 2.75) is 71.7 Å². The van der Waals surface area contributed by atoms with E-state index in [9.17, 15) is 4.79 Å². The van der Waals surface area contributed by atoms with Crippen molar-refractivity contribution in [2.24, 2.45) is 11.8 Å². The molecule has 0 aromatic heterocycles. The summed E-state index contributed by atoms with van der Waals surface area (Å²) in [5, 5.41) is 3.55. The van der Waals surface area contributed by atoms with Gasteiger partial charge in [0, 0.05) is 19.1 Å². The molecule has 4 atom stereocenters. The van der Waals surface area contributed by atoms with E-state index in [-0.39, 0.29) is 18.3 Å². The van der Waals surface area contributed by atoms with Crippen LogP contribution in [0.5, 0.6) is 0 Å². The van der Waals surface area contributed by atoms with Gasteiger partial charge in [-0.15, -0.1) is 0 Å². The van der Waals surface area contributed by atoms with E-state index in [4.69, 9.17) is 4.74 Å². The molecule has 0 aromatic carbocycles. The van der Waals surface area contributed by atoms with Crippen LogP contribution in [0.2, 0.25) is 0 Å². The molecule has 2 rings (SSSR count). The normalized spacial score (nSPS) is 34.5. The first-order valence-electron chi connectivity index (χ1n) is 8.21. The fourth-order valence-electron chi connectivity index (χ4n) is 3.39. The van der Waals surface area contributed by atoms with Gasteiger partial charge in [-0.3, -0.25) is 10.1 Å². The molecule has 0 aliphatic carbocycles. The van der Waals surface area contributed by atoms with E-state index in [1.54, 1.807) is 0 Å². The molecule has 2 saturated heterocycles. The van der Waals surface area contributed by atoms with Gasteiger partial charge in [0.1, 0.15) is 0 Å². The summed E-state index contributed by atoms with van der Waals surface area (Å²) in [7, 11) is 0. The first-order valence-corrected chi connectivity index (χ1v) is 8.21. The number of amides is 1. The third-order valence-electron chi connectivity index (χ3n) is 4.58. The van der Waals surface area contributed by atoms with Crippen LogP contribution in [0.15, 0.2) is 0 Å². The summed E-state index contributed by atoms with van der Waals surface area (Å²) in [6.45, 7) is 10.4. The summed E-state index contributed by atoms with van der Waals surface area (Å²) in [6.07, 6.45) is 4.68.